The van der Waals surface area contributed by atoms with Gasteiger partial charge in [-0.2, -0.15) is 4.98 Å². The molecule has 4 rings (SSSR count). The number of benzene rings is 1. The van der Waals surface area contributed by atoms with Gasteiger partial charge in [0.25, 0.3) is 0 Å². The zero-order valence-electron chi connectivity index (χ0n) is 17.1. The van der Waals surface area contributed by atoms with E-state index in [1.807, 2.05) is 24.3 Å². The molecule has 7 nitrogen and oxygen atoms in total. The molecule has 1 aromatic carbocycles. The summed E-state index contributed by atoms with van der Waals surface area (Å²) in [4.78, 5) is 7.42. The van der Waals surface area contributed by atoms with Crippen LogP contribution in [-0.4, -0.2) is 47.4 Å². The number of hydrogen-bond acceptors (Lipinski definition) is 7. The molecule has 2 heterocycles. The predicted octanol–water partition coefficient (Wildman–Crippen LogP) is 3.28. The van der Waals surface area contributed by atoms with Crippen molar-refractivity contribution in [1.29, 1.82) is 0 Å². The van der Waals surface area contributed by atoms with E-state index in [1.54, 1.807) is 13.4 Å². The standard InChI is InChI=1S/C21H29N3O4S/c1-26-14-20-22-21(28-23-20)24-10-7-15(8-11-24)19-13-16(19)9-12-27-17-3-5-18(6-4-17)29(2)25/h3-6,15-16,19H,7-14H2,1-2H3/t16-,19-,29?/m1/s1. The van der Waals surface area contributed by atoms with Crippen LogP contribution in [0.3, 0.4) is 0 Å². The van der Waals surface area contributed by atoms with Gasteiger partial charge in [0, 0.05) is 42.2 Å². The van der Waals surface area contributed by atoms with E-state index >= 15 is 0 Å². The van der Waals surface area contributed by atoms with Gasteiger partial charge in [0.05, 0.1) is 6.61 Å². The van der Waals surface area contributed by atoms with Gasteiger partial charge in [-0.1, -0.05) is 5.16 Å². The van der Waals surface area contributed by atoms with Gasteiger partial charge >= 0.3 is 6.01 Å². The minimum absolute atomic E-state index is 0.383. The monoisotopic (exact) mass is 419 g/mol. The molecule has 0 N–H and O–H groups in total. The van der Waals surface area contributed by atoms with Crippen molar-refractivity contribution in [3.8, 4) is 5.75 Å². The van der Waals surface area contributed by atoms with Crippen LogP contribution in [0.4, 0.5) is 6.01 Å². The molecule has 2 fully saturated rings. The second-order valence-electron chi connectivity index (χ2n) is 7.97. The molecule has 1 unspecified atom stereocenters. The minimum Gasteiger partial charge on any atom is -0.494 e. The van der Waals surface area contributed by atoms with Crippen molar-refractivity contribution in [2.45, 2.75) is 37.2 Å². The third kappa shape index (κ3) is 5.17. The average Bonchev–Trinajstić information content (AvgIpc) is 3.36. The highest BCUT2D eigenvalue weighted by atomic mass is 32.2. The van der Waals surface area contributed by atoms with Crippen LogP contribution in [0, 0.1) is 17.8 Å². The Morgan fingerprint density at radius 3 is 2.69 bits per heavy atom. The Hall–Kier alpha value is -1.93. The van der Waals surface area contributed by atoms with Gasteiger partial charge in [-0.15, -0.1) is 0 Å². The van der Waals surface area contributed by atoms with Crippen LogP contribution >= 0.6 is 0 Å². The van der Waals surface area contributed by atoms with E-state index < -0.39 is 10.8 Å². The number of ether oxygens (including phenoxy) is 2. The molecule has 1 saturated carbocycles. The maximum Gasteiger partial charge on any atom is 0.324 e. The molecule has 158 valence electrons. The molecule has 29 heavy (non-hydrogen) atoms. The molecule has 3 atom stereocenters. The largest absolute Gasteiger partial charge is 0.494 e. The van der Waals surface area contributed by atoms with E-state index in [4.69, 9.17) is 14.0 Å². The van der Waals surface area contributed by atoms with Crippen LogP contribution in [-0.2, 0) is 22.1 Å². The first-order chi connectivity index (χ1) is 14.1. The Bertz CT molecular complexity index is 818. The van der Waals surface area contributed by atoms with Crippen molar-refractivity contribution < 1.29 is 18.2 Å². The molecule has 1 aromatic heterocycles. The zero-order valence-corrected chi connectivity index (χ0v) is 17.9. The molecule has 0 amide bonds. The summed E-state index contributed by atoms with van der Waals surface area (Å²) in [5.74, 6) is 3.86. The van der Waals surface area contributed by atoms with Crippen molar-refractivity contribution >= 4 is 16.8 Å². The lowest BCUT2D eigenvalue weighted by Crippen LogP contribution is -2.34. The van der Waals surface area contributed by atoms with E-state index in [0.717, 1.165) is 54.5 Å². The van der Waals surface area contributed by atoms with Gasteiger partial charge in [0.15, 0.2) is 5.82 Å². The van der Waals surface area contributed by atoms with Crippen LogP contribution in [0.25, 0.3) is 0 Å². The van der Waals surface area contributed by atoms with Crippen molar-refractivity contribution in [2.75, 3.05) is 38.0 Å². The normalized spacial score (nSPS) is 23.2. The fourth-order valence-corrected chi connectivity index (χ4v) is 4.84. The second kappa shape index (κ2) is 9.26. The Morgan fingerprint density at radius 2 is 2.00 bits per heavy atom. The summed E-state index contributed by atoms with van der Waals surface area (Å²) in [6, 6.07) is 8.19. The highest BCUT2D eigenvalue weighted by molar-refractivity contribution is 7.84. The third-order valence-electron chi connectivity index (χ3n) is 6.04. The maximum absolute atomic E-state index is 11.4. The van der Waals surface area contributed by atoms with Crippen LogP contribution in [0.5, 0.6) is 5.75 Å². The molecule has 2 aliphatic rings. The topological polar surface area (TPSA) is 77.7 Å². The summed E-state index contributed by atoms with van der Waals surface area (Å²) >= 11 is 0. The predicted molar refractivity (Wildman–Crippen MR) is 110 cm³/mol. The minimum atomic E-state index is -0.941. The fraction of sp³-hybridized carbons (Fsp3) is 0.619. The Kier molecular flexibility index (Phi) is 6.50. The van der Waals surface area contributed by atoms with Crippen molar-refractivity contribution in [3.63, 3.8) is 0 Å². The zero-order chi connectivity index (χ0) is 20.2. The number of hydrogen-bond donors (Lipinski definition) is 0. The van der Waals surface area contributed by atoms with Gasteiger partial charge in [-0.3, -0.25) is 4.21 Å². The molecule has 8 heteroatoms. The van der Waals surface area contributed by atoms with Crippen LogP contribution in [0.1, 0.15) is 31.5 Å². The summed E-state index contributed by atoms with van der Waals surface area (Å²) in [5.41, 5.74) is 0. The lowest BCUT2D eigenvalue weighted by atomic mass is 9.91. The van der Waals surface area contributed by atoms with E-state index in [0.29, 0.717) is 18.4 Å². The Labute approximate surface area is 174 Å². The van der Waals surface area contributed by atoms with Gasteiger partial charge in [0.2, 0.25) is 0 Å². The van der Waals surface area contributed by atoms with Crippen LogP contribution in [0.15, 0.2) is 33.7 Å². The Morgan fingerprint density at radius 1 is 1.24 bits per heavy atom. The first kappa shape index (κ1) is 20.3. The van der Waals surface area contributed by atoms with E-state index in [9.17, 15) is 4.21 Å². The quantitative estimate of drug-likeness (QED) is 0.617. The summed E-state index contributed by atoms with van der Waals surface area (Å²) in [5, 5.41) is 3.95. The second-order valence-corrected chi connectivity index (χ2v) is 9.35. The van der Waals surface area contributed by atoms with E-state index in [1.165, 1.54) is 19.3 Å². The number of anilines is 1. The van der Waals surface area contributed by atoms with Gasteiger partial charge < -0.3 is 18.9 Å². The molecular weight excluding hydrogens is 390 g/mol. The van der Waals surface area contributed by atoms with Gasteiger partial charge in [-0.25, -0.2) is 0 Å². The number of rotatable bonds is 9. The molecule has 0 spiro atoms. The summed E-state index contributed by atoms with van der Waals surface area (Å²) in [6.07, 6.45) is 6.48. The molecule has 2 aromatic rings. The van der Waals surface area contributed by atoms with E-state index in [-0.39, 0.29) is 0 Å². The van der Waals surface area contributed by atoms with Crippen LogP contribution in [0.2, 0.25) is 0 Å². The Balaban J connectivity index is 1.16. The third-order valence-corrected chi connectivity index (χ3v) is 6.97. The van der Waals surface area contributed by atoms with Gasteiger partial charge in [-0.05, 0) is 67.7 Å². The highest BCUT2D eigenvalue weighted by Crippen LogP contribution is 2.49. The lowest BCUT2D eigenvalue weighted by Gasteiger charge is -2.30. The molecule has 0 radical (unpaired) electrons. The van der Waals surface area contributed by atoms with Crippen molar-refractivity contribution in [1.82, 2.24) is 10.1 Å². The molecular formula is C21H29N3O4S. The van der Waals surface area contributed by atoms with Gasteiger partial charge in [0.1, 0.15) is 12.4 Å². The average molecular weight is 420 g/mol. The van der Waals surface area contributed by atoms with E-state index in [2.05, 4.69) is 15.0 Å². The van der Waals surface area contributed by atoms with Crippen molar-refractivity contribution in [3.05, 3.63) is 30.1 Å². The number of methoxy groups -OCH3 is 1. The SMILES string of the molecule is COCc1noc(N2CCC([C@H]3C[C@H]3CCOc3ccc(S(C)=O)cc3)CC2)n1. The lowest BCUT2D eigenvalue weighted by molar-refractivity contribution is 0.174. The fourth-order valence-electron chi connectivity index (χ4n) is 4.32. The van der Waals surface area contributed by atoms with Crippen molar-refractivity contribution in [2.24, 2.45) is 17.8 Å². The number of piperidine rings is 1. The number of aromatic nitrogens is 2. The molecule has 1 aliphatic carbocycles. The maximum atomic E-state index is 11.4. The summed E-state index contributed by atoms with van der Waals surface area (Å²) in [6.45, 7) is 3.08. The first-order valence-corrected chi connectivity index (χ1v) is 11.8. The number of nitrogens with zero attached hydrogens (tertiary/aromatic N) is 3. The molecule has 1 aliphatic heterocycles. The highest BCUT2D eigenvalue weighted by Gasteiger charge is 2.43. The smallest absolute Gasteiger partial charge is 0.324 e. The first-order valence-electron chi connectivity index (χ1n) is 10.3. The summed E-state index contributed by atoms with van der Waals surface area (Å²) < 4.78 is 27.7. The molecule has 1 saturated heterocycles. The molecule has 0 bridgehead atoms. The van der Waals surface area contributed by atoms with Crippen LogP contribution < -0.4 is 9.64 Å². The summed E-state index contributed by atoms with van der Waals surface area (Å²) in [7, 11) is 0.688.